The van der Waals surface area contributed by atoms with E-state index in [1.54, 1.807) is 0 Å². The lowest BCUT2D eigenvalue weighted by molar-refractivity contribution is -0.167. The molecule has 6 nitrogen and oxygen atoms in total. The Balaban J connectivity index is 4.59. The molecule has 0 amide bonds. The van der Waals surface area contributed by atoms with E-state index in [2.05, 4.69) is 93.7 Å². The number of ether oxygens (including phenoxy) is 3. The summed E-state index contributed by atoms with van der Waals surface area (Å²) in [6.07, 6.45) is 67.5. The second kappa shape index (κ2) is 49.5. The van der Waals surface area contributed by atoms with Gasteiger partial charge in [0.05, 0.1) is 0 Å². The first kappa shape index (κ1) is 57.8. The Morgan fingerprint density at radius 1 is 0.355 bits per heavy atom. The van der Waals surface area contributed by atoms with Gasteiger partial charge < -0.3 is 14.2 Å². The average Bonchev–Trinajstić information content (AvgIpc) is 3.27. The van der Waals surface area contributed by atoms with E-state index < -0.39 is 6.10 Å². The standard InChI is InChI=1S/C56H88O6/c1-4-7-10-13-16-19-22-25-27-28-30-31-34-37-40-43-46-49-55(58)61-52-53(51-60-54(57)48-45-42-39-36-33-24-21-18-15-12-9-6-3)62-56(59)50-47-44-41-38-35-32-29-26-23-20-17-14-11-8-5-2/h8,11,14,16-21,23,25-27,29-32,35,37,40,53H,4-7,9-10,12-13,15,22,24,28,33-34,36,38-39,41-52H2,1-3H3/b11-8-,17-14-,19-16-,21-18-,23-20-,27-25-,29-26-,31-30-,35-32-,40-37-. The van der Waals surface area contributed by atoms with Crippen molar-refractivity contribution in [3.05, 3.63) is 122 Å². The second-order valence-electron chi connectivity index (χ2n) is 15.8. The van der Waals surface area contributed by atoms with E-state index >= 15 is 0 Å². The maximum Gasteiger partial charge on any atom is 0.306 e. The van der Waals surface area contributed by atoms with Crippen LogP contribution in [-0.2, 0) is 28.6 Å². The molecule has 0 aromatic heterocycles. The zero-order valence-electron chi connectivity index (χ0n) is 39.6. The van der Waals surface area contributed by atoms with Crippen LogP contribution in [0.1, 0.15) is 194 Å². The van der Waals surface area contributed by atoms with Crippen molar-refractivity contribution < 1.29 is 28.6 Å². The molecule has 0 fully saturated rings. The molecular formula is C56H88O6. The maximum atomic E-state index is 12.8. The smallest absolute Gasteiger partial charge is 0.306 e. The van der Waals surface area contributed by atoms with Gasteiger partial charge in [-0.15, -0.1) is 0 Å². The molecule has 0 aliphatic carbocycles. The Labute approximate surface area is 380 Å². The van der Waals surface area contributed by atoms with Crippen molar-refractivity contribution in [3.8, 4) is 0 Å². The van der Waals surface area contributed by atoms with Gasteiger partial charge >= 0.3 is 17.9 Å². The van der Waals surface area contributed by atoms with Crippen LogP contribution in [0, 0.1) is 0 Å². The highest BCUT2D eigenvalue weighted by Crippen LogP contribution is 2.11. The van der Waals surface area contributed by atoms with Gasteiger partial charge in [0.1, 0.15) is 13.2 Å². The Kier molecular flexibility index (Phi) is 46.1. The largest absolute Gasteiger partial charge is 0.462 e. The van der Waals surface area contributed by atoms with Gasteiger partial charge in [0.15, 0.2) is 6.10 Å². The van der Waals surface area contributed by atoms with Gasteiger partial charge in [0, 0.05) is 19.3 Å². The fraction of sp³-hybridized carbons (Fsp3) is 0.589. The summed E-state index contributed by atoms with van der Waals surface area (Å²) in [5.74, 6) is -1.04. The predicted molar refractivity (Wildman–Crippen MR) is 265 cm³/mol. The number of esters is 3. The van der Waals surface area contributed by atoms with Crippen LogP contribution in [-0.4, -0.2) is 37.2 Å². The van der Waals surface area contributed by atoms with Crippen LogP contribution in [0.4, 0.5) is 0 Å². The van der Waals surface area contributed by atoms with Crippen LogP contribution in [0.15, 0.2) is 122 Å². The van der Waals surface area contributed by atoms with Gasteiger partial charge in [0.2, 0.25) is 0 Å². The molecule has 0 radical (unpaired) electrons. The third-order valence-corrected chi connectivity index (χ3v) is 9.80. The summed E-state index contributed by atoms with van der Waals surface area (Å²) in [5, 5.41) is 0. The third-order valence-electron chi connectivity index (χ3n) is 9.80. The Bertz CT molecular complexity index is 1350. The number of hydrogen-bond acceptors (Lipinski definition) is 6. The molecule has 0 heterocycles. The van der Waals surface area contributed by atoms with Gasteiger partial charge in [-0.1, -0.05) is 194 Å². The van der Waals surface area contributed by atoms with Crippen LogP contribution in [0.25, 0.3) is 0 Å². The minimum absolute atomic E-state index is 0.121. The minimum Gasteiger partial charge on any atom is -0.462 e. The van der Waals surface area contributed by atoms with Crippen molar-refractivity contribution in [2.45, 2.75) is 200 Å². The first-order valence-corrected chi connectivity index (χ1v) is 24.6. The van der Waals surface area contributed by atoms with E-state index in [0.717, 1.165) is 83.5 Å². The van der Waals surface area contributed by atoms with Crippen LogP contribution in [0.5, 0.6) is 0 Å². The predicted octanol–water partition coefficient (Wildman–Crippen LogP) is 16.1. The first-order valence-electron chi connectivity index (χ1n) is 24.6. The number of hydrogen-bond donors (Lipinski definition) is 0. The molecule has 0 rings (SSSR count). The normalized spacial score (nSPS) is 13.1. The third kappa shape index (κ3) is 46.9. The Morgan fingerprint density at radius 3 is 1.23 bits per heavy atom. The van der Waals surface area contributed by atoms with Crippen molar-refractivity contribution in [2.24, 2.45) is 0 Å². The lowest BCUT2D eigenvalue weighted by Gasteiger charge is -2.18. The Hall–Kier alpha value is -4.19. The highest BCUT2D eigenvalue weighted by atomic mass is 16.6. The summed E-state index contributed by atoms with van der Waals surface area (Å²) in [6.45, 7) is 6.32. The highest BCUT2D eigenvalue weighted by molar-refractivity contribution is 5.71. The first-order chi connectivity index (χ1) is 30.5. The summed E-state index contributed by atoms with van der Waals surface area (Å²) < 4.78 is 16.7. The Morgan fingerprint density at radius 2 is 0.710 bits per heavy atom. The SMILES string of the molecule is CC\C=C/C=C\C=C/C=C\C=C/CCCCCC(=O)OC(COC(=O)CCC/C=C\C/C=C\C/C=C\C/C=C\CCCCC)COC(=O)CCCCCCC/C=C\CCCCC. The molecule has 0 aromatic carbocycles. The molecule has 0 spiro atoms. The van der Waals surface area contributed by atoms with Crippen molar-refractivity contribution in [2.75, 3.05) is 13.2 Å². The molecule has 6 heteroatoms. The molecule has 0 saturated heterocycles. The van der Waals surface area contributed by atoms with Gasteiger partial charge in [-0.2, -0.15) is 0 Å². The molecule has 62 heavy (non-hydrogen) atoms. The maximum absolute atomic E-state index is 12.8. The molecule has 0 bridgehead atoms. The molecular weight excluding hydrogens is 769 g/mol. The molecule has 1 atom stereocenters. The molecule has 0 saturated carbocycles. The van der Waals surface area contributed by atoms with Crippen LogP contribution >= 0.6 is 0 Å². The number of unbranched alkanes of at least 4 members (excludes halogenated alkanes) is 15. The van der Waals surface area contributed by atoms with Crippen molar-refractivity contribution >= 4 is 17.9 Å². The van der Waals surface area contributed by atoms with E-state index in [1.165, 1.54) is 57.8 Å². The summed E-state index contributed by atoms with van der Waals surface area (Å²) in [4.78, 5) is 37.9. The monoisotopic (exact) mass is 857 g/mol. The number of carbonyl (C=O) groups excluding carboxylic acids is 3. The molecule has 1 unspecified atom stereocenters. The van der Waals surface area contributed by atoms with E-state index in [0.29, 0.717) is 19.3 Å². The van der Waals surface area contributed by atoms with Gasteiger partial charge in [0.25, 0.3) is 0 Å². The molecule has 348 valence electrons. The number of allylic oxidation sites excluding steroid dienone is 20. The van der Waals surface area contributed by atoms with E-state index in [4.69, 9.17) is 14.2 Å². The van der Waals surface area contributed by atoms with Crippen molar-refractivity contribution in [1.29, 1.82) is 0 Å². The summed E-state index contributed by atoms with van der Waals surface area (Å²) in [6, 6.07) is 0. The lowest BCUT2D eigenvalue weighted by Crippen LogP contribution is -2.30. The van der Waals surface area contributed by atoms with E-state index in [1.807, 2.05) is 48.6 Å². The molecule has 0 aromatic rings. The zero-order chi connectivity index (χ0) is 45.1. The number of rotatable bonds is 42. The highest BCUT2D eigenvalue weighted by Gasteiger charge is 2.19. The summed E-state index contributed by atoms with van der Waals surface area (Å²) in [7, 11) is 0. The van der Waals surface area contributed by atoms with E-state index in [9.17, 15) is 14.4 Å². The molecule has 0 aliphatic heterocycles. The van der Waals surface area contributed by atoms with E-state index in [-0.39, 0.29) is 44.0 Å². The van der Waals surface area contributed by atoms with Crippen LogP contribution < -0.4 is 0 Å². The molecule has 0 aliphatic rings. The fourth-order valence-corrected chi connectivity index (χ4v) is 6.09. The van der Waals surface area contributed by atoms with Crippen molar-refractivity contribution in [3.63, 3.8) is 0 Å². The zero-order valence-corrected chi connectivity index (χ0v) is 39.6. The number of carbonyl (C=O) groups is 3. The molecule has 0 N–H and O–H groups in total. The topological polar surface area (TPSA) is 78.9 Å². The van der Waals surface area contributed by atoms with Crippen LogP contribution in [0.3, 0.4) is 0 Å². The summed E-state index contributed by atoms with van der Waals surface area (Å²) >= 11 is 0. The van der Waals surface area contributed by atoms with Gasteiger partial charge in [-0.05, 0) is 103 Å². The average molecular weight is 857 g/mol. The fourth-order valence-electron chi connectivity index (χ4n) is 6.09. The van der Waals surface area contributed by atoms with Crippen LogP contribution in [0.2, 0.25) is 0 Å². The van der Waals surface area contributed by atoms with Gasteiger partial charge in [-0.25, -0.2) is 0 Å². The lowest BCUT2D eigenvalue weighted by atomic mass is 10.1. The quantitative estimate of drug-likeness (QED) is 0.0200. The summed E-state index contributed by atoms with van der Waals surface area (Å²) in [5.41, 5.74) is 0. The van der Waals surface area contributed by atoms with Crippen molar-refractivity contribution in [1.82, 2.24) is 0 Å². The second-order valence-corrected chi connectivity index (χ2v) is 15.8. The van der Waals surface area contributed by atoms with Gasteiger partial charge in [-0.3, -0.25) is 14.4 Å². The minimum atomic E-state index is -0.828.